The summed E-state index contributed by atoms with van der Waals surface area (Å²) < 4.78 is 0. The number of rotatable bonds is 2. The van der Waals surface area contributed by atoms with E-state index in [0.29, 0.717) is 12.6 Å². The number of hydrogen-bond donors (Lipinski definition) is 2. The van der Waals surface area contributed by atoms with E-state index in [2.05, 4.69) is 10.2 Å². The van der Waals surface area contributed by atoms with E-state index >= 15 is 0 Å². The van der Waals surface area contributed by atoms with Gasteiger partial charge in [0.1, 0.15) is 0 Å². The Bertz CT molecular complexity index is 471. The molecule has 2 aliphatic rings. The molecule has 0 radical (unpaired) electrons. The van der Waals surface area contributed by atoms with E-state index in [9.17, 15) is 4.79 Å². The number of benzene rings is 1. The summed E-state index contributed by atoms with van der Waals surface area (Å²) in [5, 5.41) is 3.02. The summed E-state index contributed by atoms with van der Waals surface area (Å²) in [5.41, 5.74) is 7.52. The molecule has 3 N–H and O–H groups in total. The number of nitrogens with one attached hydrogen (secondary N) is 1. The van der Waals surface area contributed by atoms with E-state index in [1.54, 1.807) is 0 Å². The molecule has 2 fully saturated rings. The van der Waals surface area contributed by atoms with Gasteiger partial charge in [-0.25, -0.2) is 4.79 Å². The van der Waals surface area contributed by atoms with Crippen LogP contribution in [0.15, 0.2) is 24.3 Å². The van der Waals surface area contributed by atoms with Gasteiger partial charge in [0.25, 0.3) is 0 Å². The first kappa shape index (κ1) is 13.4. The van der Waals surface area contributed by atoms with Crippen molar-refractivity contribution in [1.29, 1.82) is 0 Å². The number of carbonyl (C=O) groups is 1. The molecule has 0 aromatic heterocycles. The lowest BCUT2D eigenvalue weighted by Crippen LogP contribution is -2.48. The second-order valence-corrected chi connectivity index (χ2v) is 5.93. The van der Waals surface area contributed by atoms with Crippen molar-refractivity contribution in [1.82, 2.24) is 4.90 Å². The summed E-state index contributed by atoms with van der Waals surface area (Å²) in [6, 6.07) is 8.30. The van der Waals surface area contributed by atoms with Crippen molar-refractivity contribution in [3.8, 4) is 0 Å². The van der Waals surface area contributed by atoms with Crippen LogP contribution < -0.4 is 11.1 Å². The molecule has 2 amide bonds. The van der Waals surface area contributed by atoms with Crippen molar-refractivity contribution in [2.24, 2.45) is 11.7 Å². The normalized spacial score (nSPS) is 25.4. The highest BCUT2D eigenvalue weighted by molar-refractivity contribution is 5.89. The predicted molar refractivity (Wildman–Crippen MR) is 80.4 cm³/mol. The average molecular weight is 273 g/mol. The van der Waals surface area contributed by atoms with Gasteiger partial charge in [-0.05, 0) is 49.3 Å². The number of urea groups is 1. The Balaban J connectivity index is 1.65. The number of piperidine rings is 1. The Morgan fingerprint density at radius 1 is 1.20 bits per heavy atom. The smallest absolute Gasteiger partial charge is 0.322 e. The zero-order valence-corrected chi connectivity index (χ0v) is 11.8. The summed E-state index contributed by atoms with van der Waals surface area (Å²) >= 11 is 0. The Hall–Kier alpha value is -1.55. The predicted octanol–water partition coefficient (Wildman–Crippen LogP) is 2.94. The number of anilines is 1. The van der Waals surface area contributed by atoms with Gasteiger partial charge >= 0.3 is 6.03 Å². The zero-order valence-electron chi connectivity index (χ0n) is 11.8. The second kappa shape index (κ2) is 5.83. The van der Waals surface area contributed by atoms with Crippen LogP contribution in [-0.4, -0.2) is 23.5 Å². The quantitative estimate of drug-likeness (QED) is 0.870. The van der Waals surface area contributed by atoms with Gasteiger partial charge in [0, 0.05) is 24.8 Å². The molecule has 1 aromatic rings. The molecule has 108 valence electrons. The molecule has 20 heavy (non-hydrogen) atoms. The fraction of sp³-hybridized carbons (Fsp3) is 0.562. The molecule has 1 aliphatic heterocycles. The van der Waals surface area contributed by atoms with Gasteiger partial charge in [-0.15, -0.1) is 0 Å². The van der Waals surface area contributed by atoms with Crippen molar-refractivity contribution < 1.29 is 4.79 Å². The Labute approximate surface area is 120 Å². The largest absolute Gasteiger partial charge is 0.326 e. The van der Waals surface area contributed by atoms with Gasteiger partial charge in [-0.2, -0.15) is 0 Å². The van der Waals surface area contributed by atoms with Crippen molar-refractivity contribution in [3.63, 3.8) is 0 Å². The Kier molecular flexibility index (Phi) is 3.92. The molecular formula is C16H23N3O. The number of likely N-dealkylation sites (tertiary alicyclic amines) is 1. The summed E-state index contributed by atoms with van der Waals surface area (Å²) in [5.74, 6) is 0.731. The molecule has 0 bridgehead atoms. The van der Waals surface area contributed by atoms with Crippen LogP contribution in [0.2, 0.25) is 0 Å². The molecule has 3 rings (SSSR count). The first-order valence-electron chi connectivity index (χ1n) is 7.64. The molecule has 1 saturated carbocycles. The fourth-order valence-corrected chi connectivity index (χ4v) is 3.63. The van der Waals surface area contributed by atoms with Crippen LogP contribution in [0.3, 0.4) is 0 Å². The minimum Gasteiger partial charge on any atom is -0.326 e. The summed E-state index contributed by atoms with van der Waals surface area (Å²) in [7, 11) is 0. The van der Waals surface area contributed by atoms with E-state index in [4.69, 9.17) is 5.73 Å². The molecule has 1 heterocycles. The maximum Gasteiger partial charge on any atom is 0.322 e. The fourth-order valence-electron chi connectivity index (χ4n) is 3.63. The van der Waals surface area contributed by atoms with E-state index in [1.165, 1.54) is 25.7 Å². The second-order valence-electron chi connectivity index (χ2n) is 5.93. The number of fused-ring (bicyclic) bond motifs is 1. The average Bonchev–Trinajstić information content (AvgIpc) is 2.96. The number of carbonyl (C=O) groups excluding carboxylic acids is 1. The molecule has 1 aromatic carbocycles. The lowest BCUT2D eigenvalue weighted by Gasteiger charge is -2.37. The van der Waals surface area contributed by atoms with E-state index < -0.39 is 0 Å². The molecule has 0 spiro atoms. The molecular weight excluding hydrogens is 250 g/mol. The highest BCUT2D eigenvalue weighted by atomic mass is 16.2. The van der Waals surface area contributed by atoms with E-state index in [1.807, 2.05) is 24.3 Å². The van der Waals surface area contributed by atoms with Crippen molar-refractivity contribution in [2.75, 3.05) is 11.9 Å². The summed E-state index contributed by atoms with van der Waals surface area (Å²) in [6.07, 6.45) is 6.16. The monoisotopic (exact) mass is 273 g/mol. The van der Waals surface area contributed by atoms with Gasteiger partial charge in [-0.3, -0.25) is 0 Å². The maximum absolute atomic E-state index is 12.5. The van der Waals surface area contributed by atoms with Gasteiger partial charge < -0.3 is 16.0 Å². The summed E-state index contributed by atoms with van der Waals surface area (Å²) in [4.78, 5) is 14.5. The standard InChI is InChI=1S/C16H23N3O/c17-11-12-6-8-14(9-7-12)18-16(20)19-10-2-4-13-3-1-5-15(13)19/h6-9,13,15H,1-5,10-11,17H2,(H,18,20). The highest BCUT2D eigenvalue weighted by Crippen LogP contribution is 2.36. The van der Waals surface area contributed by atoms with Crippen LogP contribution in [-0.2, 0) is 6.54 Å². The van der Waals surface area contributed by atoms with Gasteiger partial charge in [0.15, 0.2) is 0 Å². The molecule has 1 saturated heterocycles. The number of amides is 2. The third kappa shape index (κ3) is 2.66. The van der Waals surface area contributed by atoms with Crippen LogP contribution in [0, 0.1) is 5.92 Å². The lowest BCUT2D eigenvalue weighted by atomic mass is 9.92. The van der Waals surface area contributed by atoms with Crippen LogP contribution in [0.1, 0.15) is 37.7 Å². The zero-order chi connectivity index (χ0) is 13.9. The van der Waals surface area contributed by atoms with Crippen molar-refractivity contribution in [2.45, 2.75) is 44.7 Å². The van der Waals surface area contributed by atoms with Crippen molar-refractivity contribution in [3.05, 3.63) is 29.8 Å². The molecule has 2 unspecified atom stereocenters. The SMILES string of the molecule is NCc1ccc(NC(=O)N2CCCC3CCCC32)cc1. The molecule has 1 aliphatic carbocycles. The Morgan fingerprint density at radius 3 is 2.70 bits per heavy atom. The number of nitrogens with two attached hydrogens (primary N) is 1. The Morgan fingerprint density at radius 2 is 1.95 bits per heavy atom. The minimum atomic E-state index is 0.0575. The van der Waals surface area contributed by atoms with E-state index in [0.717, 1.165) is 30.1 Å². The van der Waals surface area contributed by atoms with Crippen molar-refractivity contribution >= 4 is 11.7 Å². The van der Waals surface area contributed by atoms with Gasteiger partial charge in [0.2, 0.25) is 0 Å². The van der Waals surface area contributed by atoms with Crippen LogP contribution in [0.4, 0.5) is 10.5 Å². The summed E-state index contributed by atoms with van der Waals surface area (Å²) in [6.45, 7) is 1.43. The first-order valence-corrected chi connectivity index (χ1v) is 7.64. The van der Waals surface area contributed by atoms with Crippen LogP contribution in [0.25, 0.3) is 0 Å². The topological polar surface area (TPSA) is 58.4 Å². The van der Waals surface area contributed by atoms with Crippen LogP contribution >= 0.6 is 0 Å². The third-order valence-electron chi connectivity index (χ3n) is 4.69. The number of nitrogens with zero attached hydrogens (tertiary/aromatic N) is 1. The molecule has 2 atom stereocenters. The minimum absolute atomic E-state index is 0.0575. The lowest BCUT2D eigenvalue weighted by molar-refractivity contribution is 0.138. The molecule has 4 heteroatoms. The first-order chi connectivity index (χ1) is 9.78. The van der Waals surface area contributed by atoms with E-state index in [-0.39, 0.29) is 6.03 Å². The van der Waals surface area contributed by atoms with Gasteiger partial charge in [-0.1, -0.05) is 18.6 Å². The van der Waals surface area contributed by atoms with Crippen LogP contribution in [0.5, 0.6) is 0 Å². The highest BCUT2D eigenvalue weighted by Gasteiger charge is 2.37. The maximum atomic E-state index is 12.5. The molecule has 4 nitrogen and oxygen atoms in total. The third-order valence-corrected chi connectivity index (χ3v) is 4.69. The number of hydrogen-bond acceptors (Lipinski definition) is 2. The van der Waals surface area contributed by atoms with Gasteiger partial charge in [0.05, 0.1) is 0 Å².